The van der Waals surface area contributed by atoms with Crippen molar-refractivity contribution in [2.75, 3.05) is 5.32 Å². The molecule has 0 saturated heterocycles. The maximum Gasteiger partial charge on any atom is 0.292 e. The molecule has 0 spiro atoms. The fourth-order valence-electron chi connectivity index (χ4n) is 3.26. The van der Waals surface area contributed by atoms with Gasteiger partial charge in [-0.3, -0.25) is 9.48 Å². The number of nitrogens with one attached hydrogen (secondary N) is 1. The van der Waals surface area contributed by atoms with Crippen LogP contribution in [0, 0.1) is 13.8 Å². The molecule has 2 aromatic carbocycles. The maximum atomic E-state index is 12.6. The summed E-state index contributed by atoms with van der Waals surface area (Å²) in [5.41, 5.74) is 3.24. The minimum atomic E-state index is -0.443. The molecule has 0 aliphatic heterocycles. The van der Waals surface area contributed by atoms with Crippen LogP contribution in [-0.2, 0) is 13.2 Å². The van der Waals surface area contributed by atoms with E-state index < -0.39 is 5.91 Å². The number of rotatable bonds is 7. The third kappa shape index (κ3) is 5.52. The molecular weight excluding hydrogens is 449 g/mol. The summed E-state index contributed by atoms with van der Waals surface area (Å²) >= 11 is 12.2. The molecule has 0 bridgehead atoms. The molecule has 2 heterocycles. The van der Waals surface area contributed by atoms with Gasteiger partial charge in [-0.05, 0) is 66.9 Å². The van der Waals surface area contributed by atoms with Crippen LogP contribution >= 0.6 is 23.2 Å². The molecule has 0 aliphatic rings. The molecule has 4 rings (SSSR count). The van der Waals surface area contributed by atoms with E-state index >= 15 is 0 Å². The topological polar surface area (TPSA) is 69.3 Å². The largest absolute Gasteiger partial charge is 0.486 e. The zero-order valence-electron chi connectivity index (χ0n) is 17.6. The van der Waals surface area contributed by atoms with Crippen molar-refractivity contribution >= 4 is 34.9 Å². The third-order valence-electron chi connectivity index (χ3n) is 4.67. The van der Waals surface area contributed by atoms with E-state index in [0.29, 0.717) is 22.4 Å². The van der Waals surface area contributed by atoms with Gasteiger partial charge in [0, 0.05) is 11.2 Å². The highest BCUT2D eigenvalue weighted by Gasteiger charge is 2.16. The number of hydrogen-bond donors (Lipinski definition) is 1. The highest BCUT2D eigenvalue weighted by atomic mass is 35.5. The predicted octanol–water partition coefficient (Wildman–Crippen LogP) is 6.28. The zero-order chi connectivity index (χ0) is 22.7. The Bertz CT molecular complexity index is 1230. The highest BCUT2D eigenvalue weighted by molar-refractivity contribution is 6.33. The molecule has 6 nitrogen and oxygen atoms in total. The summed E-state index contributed by atoms with van der Waals surface area (Å²) in [7, 11) is 0. The van der Waals surface area contributed by atoms with E-state index in [-0.39, 0.29) is 18.2 Å². The van der Waals surface area contributed by atoms with E-state index in [9.17, 15) is 4.79 Å². The summed E-state index contributed by atoms with van der Waals surface area (Å²) in [6.07, 6.45) is 1.65. The average Bonchev–Trinajstić information content (AvgIpc) is 3.34. The fraction of sp³-hybridized carbons (Fsp3) is 0.167. The number of anilines is 1. The van der Waals surface area contributed by atoms with Gasteiger partial charge in [0.25, 0.3) is 5.91 Å². The number of aromatic nitrogens is 2. The van der Waals surface area contributed by atoms with E-state index in [4.69, 9.17) is 32.4 Å². The fourth-order valence-corrected chi connectivity index (χ4v) is 3.58. The van der Waals surface area contributed by atoms with E-state index in [1.807, 2.05) is 50.2 Å². The Labute approximate surface area is 195 Å². The quantitative estimate of drug-likeness (QED) is 0.345. The first kappa shape index (κ1) is 22.0. The van der Waals surface area contributed by atoms with Gasteiger partial charge in [0.1, 0.15) is 23.1 Å². The number of nitrogens with zero attached hydrogens (tertiary/aromatic N) is 2. The molecule has 0 saturated carbocycles. The molecule has 0 unspecified atom stereocenters. The second kappa shape index (κ2) is 9.51. The van der Waals surface area contributed by atoms with Crippen LogP contribution in [0.2, 0.25) is 10.0 Å². The summed E-state index contributed by atoms with van der Waals surface area (Å²) in [5.74, 6) is 1.25. The van der Waals surface area contributed by atoms with Gasteiger partial charge in [-0.2, -0.15) is 5.10 Å². The Morgan fingerprint density at radius 3 is 2.50 bits per heavy atom. The Kier molecular flexibility index (Phi) is 6.53. The van der Waals surface area contributed by atoms with Gasteiger partial charge in [-0.25, -0.2) is 0 Å². The van der Waals surface area contributed by atoms with Crippen molar-refractivity contribution in [2.24, 2.45) is 0 Å². The van der Waals surface area contributed by atoms with Crippen LogP contribution in [0.1, 0.15) is 33.0 Å². The maximum absolute atomic E-state index is 12.6. The lowest BCUT2D eigenvalue weighted by atomic mass is 10.1. The summed E-state index contributed by atoms with van der Waals surface area (Å²) in [6.45, 7) is 4.73. The van der Waals surface area contributed by atoms with Crippen molar-refractivity contribution in [3.8, 4) is 5.75 Å². The standard InChI is InChI=1S/C24H21Cl2N3O3/c1-15-9-16(2)11-20(10-15)31-14-19-7-8-22(32-19)24(30)27-23-21(26)13-29(28-23)12-17-3-5-18(25)6-4-17/h3-11,13H,12,14H2,1-2H3,(H,27,28,30). The molecule has 0 aliphatic carbocycles. The highest BCUT2D eigenvalue weighted by Crippen LogP contribution is 2.22. The Morgan fingerprint density at radius 1 is 1.06 bits per heavy atom. The number of carbonyl (C=O) groups is 1. The lowest BCUT2D eigenvalue weighted by Gasteiger charge is -2.06. The van der Waals surface area contributed by atoms with Crippen LogP contribution in [0.25, 0.3) is 0 Å². The van der Waals surface area contributed by atoms with E-state index in [1.54, 1.807) is 23.0 Å². The number of ether oxygens (including phenoxy) is 1. The summed E-state index contributed by atoms with van der Waals surface area (Å²) in [4.78, 5) is 12.6. The normalized spacial score (nSPS) is 10.9. The second-order valence-electron chi connectivity index (χ2n) is 7.48. The van der Waals surface area contributed by atoms with Crippen molar-refractivity contribution in [1.29, 1.82) is 0 Å². The van der Waals surface area contributed by atoms with Gasteiger partial charge in [0.15, 0.2) is 11.6 Å². The first-order valence-electron chi connectivity index (χ1n) is 9.94. The number of amides is 1. The number of benzene rings is 2. The molecule has 1 amide bonds. The molecule has 8 heteroatoms. The molecule has 2 aromatic heterocycles. The first-order chi connectivity index (χ1) is 15.4. The predicted molar refractivity (Wildman–Crippen MR) is 125 cm³/mol. The number of furan rings is 1. The SMILES string of the molecule is Cc1cc(C)cc(OCc2ccc(C(=O)Nc3nn(Cc4ccc(Cl)cc4)cc3Cl)o2)c1. The lowest BCUT2D eigenvalue weighted by molar-refractivity contribution is 0.0992. The average molecular weight is 470 g/mol. The lowest BCUT2D eigenvalue weighted by Crippen LogP contribution is -2.12. The van der Waals surface area contributed by atoms with Gasteiger partial charge < -0.3 is 14.5 Å². The zero-order valence-corrected chi connectivity index (χ0v) is 19.1. The molecule has 4 aromatic rings. The van der Waals surface area contributed by atoms with Crippen molar-refractivity contribution < 1.29 is 13.9 Å². The summed E-state index contributed by atoms with van der Waals surface area (Å²) < 4.78 is 13.1. The van der Waals surface area contributed by atoms with Crippen LogP contribution in [0.3, 0.4) is 0 Å². The van der Waals surface area contributed by atoms with Gasteiger partial charge in [-0.1, -0.05) is 41.4 Å². The number of aryl methyl sites for hydroxylation is 2. The van der Waals surface area contributed by atoms with Gasteiger partial charge in [0.2, 0.25) is 0 Å². The van der Waals surface area contributed by atoms with Crippen molar-refractivity contribution in [3.05, 3.63) is 99.1 Å². The van der Waals surface area contributed by atoms with E-state index in [2.05, 4.69) is 16.5 Å². The minimum absolute atomic E-state index is 0.146. The van der Waals surface area contributed by atoms with Crippen LogP contribution < -0.4 is 10.1 Å². The van der Waals surface area contributed by atoms with Crippen LogP contribution in [0.15, 0.2) is 65.2 Å². The molecule has 0 atom stereocenters. The van der Waals surface area contributed by atoms with Crippen LogP contribution in [0.5, 0.6) is 5.75 Å². The number of halogens is 2. The van der Waals surface area contributed by atoms with Crippen LogP contribution in [0.4, 0.5) is 5.82 Å². The summed E-state index contributed by atoms with van der Waals surface area (Å²) in [5, 5.41) is 8.03. The Balaban J connectivity index is 1.37. The van der Waals surface area contributed by atoms with Crippen LogP contribution in [-0.4, -0.2) is 15.7 Å². The number of hydrogen-bond acceptors (Lipinski definition) is 4. The molecule has 1 N–H and O–H groups in total. The van der Waals surface area contributed by atoms with Gasteiger partial charge >= 0.3 is 0 Å². The molecule has 164 valence electrons. The minimum Gasteiger partial charge on any atom is -0.486 e. The Hall–Kier alpha value is -3.22. The molecule has 0 fully saturated rings. The molecular formula is C24H21Cl2N3O3. The van der Waals surface area contributed by atoms with Gasteiger partial charge in [0.05, 0.1) is 6.54 Å². The number of carbonyl (C=O) groups excluding carboxylic acids is 1. The monoisotopic (exact) mass is 469 g/mol. The van der Waals surface area contributed by atoms with Gasteiger partial charge in [-0.15, -0.1) is 0 Å². The molecule has 32 heavy (non-hydrogen) atoms. The van der Waals surface area contributed by atoms with Crippen molar-refractivity contribution in [3.63, 3.8) is 0 Å². The third-order valence-corrected chi connectivity index (χ3v) is 5.20. The van der Waals surface area contributed by atoms with E-state index in [0.717, 1.165) is 22.4 Å². The van der Waals surface area contributed by atoms with E-state index in [1.165, 1.54) is 0 Å². The summed E-state index contributed by atoms with van der Waals surface area (Å²) in [6, 6.07) is 16.7. The first-order valence-corrected chi connectivity index (χ1v) is 10.7. The second-order valence-corrected chi connectivity index (χ2v) is 8.33. The molecule has 0 radical (unpaired) electrons. The Morgan fingerprint density at radius 2 is 1.78 bits per heavy atom. The van der Waals surface area contributed by atoms with Crippen molar-refractivity contribution in [2.45, 2.75) is 27.0 Å². The smallest absolute Gasteiger partial charge is 0.292 e. The van der Waals surface area contributed by atoms with Crippen molar-refractivity contribution in [1.82, 2.24) is 9.78 Å².